The van der Waals surface area contributed by atoms with Crippen molar-refractivity contribution in [3.8, 4) is 5.75 Å². The maximum atomic E-state index is 12.1. The van der Waals surface area contributed by atoms with Crippen molar-refractivity contribution in [2.45, 2.75) is 36.9 Å². The monoisotopic (exact) mass is 380 g/mol. The van der Waals surface area contributed by atoms with E-state index in [0.29, 0.717) is 13.0 Å². The largest absolute Gasteiger partial charge is 0.573 e. The minimum Gasteiger partial charge on any atom is -0.406 e. The van der Waals surface area contributed by atoms with Gasteiger partial charge in [-0.2, -0.15) is 0 Å². The summed E-state index contributed by atoms with van der Waals surface area (Å²) in [5.74, 6) is -0.494. The molecular weight excluding hydrogens is 361 g/mol. The van der Waals surface area contributed by atoms with E-state index in [1.165, 1.54) is 0 Å². The fraction of sp³-hybridized carbons (Fsp3) is 0.533. The van der Waals surface area contributed by atoms with Crippen LogP contribution < -0.4 is 9.46 Å². The lowest BCUT2D eigenvalue weighted by atomic mass is 10.2. The van der Waals surface area contributed by atoms with Crippen molar-refractivity contribution in [1.82, 2.24) is 9.62 Å². The minimum absolute atomic E-state index is 0.00495. The molecule has 0 radical (unpaired) electrons. The third kappa shape index (κ3) is 6.20. The summed E-state index contributed by atoms with van der Waals surface area (Å²) in [6.45, 7) is 0.895. The maximum absolute atomic E-state index is 12.1. The van der Waals surface area contributed by atoms with Gasteiger partial charge in [0, 0.05) is 26.1 Å². The summed E-state index contributed by atoms with van der Waals surface area (Å²) in [4.78, 5) is 13.3. The number of carbonyl (C=O) groups is 1. The highest BCUT2D eigenvalue weighted by Crippen LogP contribution is 2.23. The van der Waals surface area contributed by atoms with Crippen LogP contribution >= 0.6 is 0 Å². The Kier molecular flexibility index (Phi) is 6.28. The highest BCUT2D eigenvalue weighted by atomic mass is 32.2. The highest BCUT2D eigenvalue weighted by molar-refractivity contribution is 7.89. The molecule has 0 aromatic heterocycles. The van der Waals surface area contributed by atoms with E-state index in [1.807, 2.05) is 0 Å². The summed E-state index contributed by atoms with van der Waals surface area (Å²) >= 11 is 0. The van der Waals surface area contributed by atoms with Crippen molar-refractivity contribution in [3.05, 3.63) is 24.3 Å². The summed E-state index contributed by atoms with van der Waals surface area (Å²) in [6, 6.07) is 3.92. The van der Waals surface area contributed by atoms with Crippen LogP contribution in [0.4, 0.5) is 13.2 Å². The zero-order valence-corrected chi connectivity index (χ0v) is 14.2. The summed E-state index contributed by atoms with van der Waals surface area (Å²) < 4.78 is 66.6. The van der Waals surface area contributed by atoms with Crippen molar-refractivity contribution in [3.63, 3.8) is 0 Å². The SMILES string of the molecule is O=C1CCCCCN1CCNS(=O)(=O)c1ccc(OC(F)(F)F)cc1. The first kappa shape index (κ1) is 19.5. The molecule has 0 unspecified atom stereocenters. The number of nitrogens with one attached hydrogen (secondary N) is 1. The second kappa shape index (κ2) is 8.05. The molecule has 140 valence electrons. The molecule has 1 heterocycles. The van der Waals surface area contributed by atoms with E-state index in [9.17, 15) is 26.4 Å². The molecular formula is C15H19F3N2O4S. The molecule has 0 aliphatic carbocycles. The van der Waals surface area contributed by atoms with Gasteiger partial charge in [0.2, 0.25) is 15.9 Å². The van der Waals surface area contributed by atoms with E-state index in [2.05, 4.69) is 9.46 Å². The molecule has 1 N–H and O–H groups in total. The van der Waals surface area contributed by atoms with E-state index in [0.717, 1.165) is 43.5 Å². The number of benzene rings is 1. The van der Waals surface area contributed by atoms with E-state index in [1.54, 1.807) is 4.90 Å². The molecule has 0 saturated carbocycles. The lowest BCUT2D eigenvalue weighted by Gasteiger charge is -2.20. The van der Waals surface area contributed by atoms with Crippen LogP contribution in [0.5, 0.6) is 5.75 Å². The number of amides is 1. The number of ether oxygens (including phenoxy) is 1. The second-order valence-corrected chi connectivity index (χ2v) is 7.38. The van der Waals surface area contributed by atoms with Crippen molar-refractivity contribution >= 4 is 15.9 Å². The molecule has 0 bridgehead atoms. The van der Waals surface area contributed by atoms with E-state index in [-0.39, 0.29) is 23.9 Å². The first-order chi connectivity index (χ1) is 11.7. The number of hydrogen-bond acceptors (Lipinski definition) is 4. The normalized spacial score (nSPS) is 16.6. The molecule has 1 saturated heterocycles. The molecule has 1 aliphatic rings. The van der Waals surface area contributed by atoms with Crippen LogP contribution in [0, 0.1) is 0 Å². The summed E-state index contributed by atoms with van der Waals surface area (Å²) in [5, 5.41) is 0. The molecule has 6 nitrogen and oxygen atoms in total. The number of likely N-dealkylation sites (tertiary alicyclic amines) is 1. The zero-order chi connectivity index (χ0) is 18.5. The number of carbonyl (C=O) groups excluding carboxylic acids is 1. The average molecular weight is 380 g/mol. The average Bonchev–Trinajstić information content (AvgIpc) is 2.71. The maximum Gasteiger partial charge on any atom is 0.573 e. The standard InChI is InChI=1S/C15H19F3N2O4S/c16-15(17,18)24-12-5-7-13(8-6-12)25(22,23)19-9-11-20-10-3-1-2-4-14(20)21/h5-8,19H,1-4,9-11H2. The van der Waals surface area contributed by atoms with Gasteiger partial charge in [0.05, 0.1) is 4.90 Å². The molecule has 1 aliphatic heterocycles. The van der Waals surface area contributed by atoms with E-state index in [4.69, 9.17) is 0 Å². The Labute approximate surface area is 144 Å². The quantitative estimate of drug-likeness (QED) is 0.822. The van der Waals surface area contributed by atoms with Gasteiger partial charge in [0.15, 0.2) is 0 Å². The number of alkyl halides is 3. The Balaban J connectivity index is 1.91. The number of hydrogen-bond donors (Lipinski definition) is 1. The summed E-state index contributed by atoms with van der Waals surface area (Å²) in [7, 11) is -3.87. The van der Waals surface area contributed by atoms with Crippen molar-refractivity contribution in [1.29, 1.82) is 0 Å². The Morgan fingerprint density at radius 3 is 2.44 bits per heavy atom. The molecule has 1 amide bonds. The molecule has 2 rings (SSSR count). The van der Waals surface area contributed by atoms with Gasteiger partial charge in [-0.1, -0.05) is 6.42 Å². The van der Waals surface area contributed by atoms with Crippen LogP contribution in [-0.4, -0.2) is 45.2 Å². The number of sulfonamides is 1. The fourth-order valence-corrected chi connectivity index (χ4v) is 3.51. The topological polar surface area (TPSA) is 75.7 Å². The molecule has 1 aromatic carbocycles. The molecule has 10 heteroatoms. The van der Waals surface area contributed by atoms with E-state index >= 15 is 0 Å². The number of halogens is 3. The molecule has 1 fully saturated rings. The lowest BCUT2D eigenvalue weighted by molar-refractivity contribution is -0.274. The van der Waals surface area contributed by atoms with Crippen LogP contribution in [0.3, 0.4) is 0 Å². The Morgan fingerprint density at radius 1 is 1.12 bits per heavy atom. The third-order valence-electron chi connectivity index (χ3n) is 3.71. The van der Waals surface area contributed by atoms with Gasteiger partial charge in [-0.15, -0.1) is 13.2 Å². The third-order valence-corrected chi connectivity index (χ3v) is 5.19. The molecule has 25 heavy (non-hydrogen) atoms. The van der Waals surface area contributed by atoms with Crippen molar-refractivity contribution in [2.75, 3.05) is 19.6 Å². The smallest absolute Gasteiger partial charge is 0.406 e. The van der Waals surface area contributed by atoms with Crippen LogP contribution in [-0.2, 0) is 14.8 Å². The summed E-state index contributed by atoms with van der Waals surface area (Å²) in [6.07, 6.45) is -1.67. The second-order valence-electron chi connectivity index (χ2n) is 5.61. The summed E-state index contributed by atoms with van der Waals surface area (Å²) in [5.41, 5.74) is 0. The predicted octanol–water partition coefficient (Wildman–Crippen LogP) is 2.27. The van der Waals surface area contributed by atoms with Gasteiger partial charge in [-0.3, -0.25) is 4.79 Å². The Hall–Kier alpha value is -1.81. The molecule has 1 aromatic rings. The Morgan fingerprint density at radius 2 is 1.80 bits per heavy atom. The molecule has 0 atom stereocenters. The zero-order valence-electron chi connectivity index (χ0n) is 13.4. The van der Waals surface area contributed by atoms with Gasteiger partial charge in [-0.25, -0.2) is 13.1 Å². The lowest BCUT2D eigenvalue weighted by Crippen LogP contribution is -2.38. The fourth-order valence-electron chi connectivity index (χ4n) is 2.49. The number of nitrogens with zero attached hydrogens (tertiary/aromatic N) is 1. The van der Waals surface area contributed by atoms with Crippen LogP contribution in [0.15, 0.2) is 29.2 Å². The van der Waals surface area contributed by atoms with Gasteiger partial charge in [-0.05, 0) is 37.1 Å². The van der Waals surface area contributed by atoms with Crippen LogP contribution in [0.2, 0.25) is 0 Å². The van der Waals surface area contributed by atoms with Gasteiger partial charge >= 0.3 is 6.36 Å². The first-order valence-electron chi connectivity index (χ1n) is 7.81. The van der Waals surface area contributed by atoms with Gasteiger partial charge in [0.1, 0.15) is 5.75 Å². The molecule has 0 spiro atoms. The van der Waals surface area contributed by atoms with Crippen molar-refractivity contribution in [2.24, 2.45) is 0 Å². The predicted molar refractivity (Wildman–Crippen MR) is 83.4 cm³/mol. The van der Waals surface area contributed by atoms with Gasteiger partial charge < -0.3 is 9.64 Å². The first-order valence-corrected chi connectivity index (χ1v) is 9.29. The Bertz CT molecular complexity index is 690. The minimum atomic E-state index is -4.83. The number of rotatable bonds is 6. The van der Waals surface area contributed by atoms with Crippen molar-refractivity contribution < 1.29 is 31.1 Å². The van der Waals surface area contributed by atoms with Crippen LogP contribution in [0.1, 0.15) is 25.7 Å². The van der Waals surface area contributed by atoms with Gasteiger partial charge in [0.25, 0.3) is 0 Å². The van der Waals surface area contributed by atoms with Crippen LogP contribution in [0.25, 0.3) is 0 Å². The highest BCUT2D eigenvalue weighted by Gasteiger charge is 2.31. The van der Waals surface area contributed by atoms with E-state index < -0.39 is 22.1 Å².